The maximum Gasteiger partial charge on any atom is 0.320 e. The van der Waals surface area contributed by atoms with E-state index in [4.69, 9.17) is 0 Å². The summed E-state index contributed by atoms with van der Waals surface area (Å²) in [6, 6.07) is 0.760. The van der Waals surface area contributed by atoms with Crippen LogP contribution in [0.5, 0.6) is 0 Å². The van der Waals surface area contributed by atoms with Crippen molar-refractivity contribution in [2.24, 2.45) is 0 Å². The van der Waals surface area contributed by atoms with Gasteiger partial charge in [-0.25, -0.2) is 4.79 Å². The van der Waals surface area contributed by atoms with Crippen LogP contribution in [0, 0.1) is 0 Å². The van der Waals surface area contributed by atoms with Gasteiger partial charge >= 0.3 is 6.03 Å². The van der Waals surface area contributed by atoms with Gasteiger partial charge in [0.25, 0.3) is 0 Å². The number of nitrogens with one attached hydrogen (secondary N) is 1. The van der Waals surface area contributed by atoms with Gasteiger partial charge in [0.15, 0.2) is 0 Å². The molecule has 2 saturated heterocycles. The van der Waals surface area contributed by atoms with E-state index in [9.17, 15) is 4.79 Å². The molecule has 2 amide bonds. The van der Waals surface area contributed by atoms with Crippen molar-refractivity contribution < 1.29 is 4.79 Å². The van der Waals surface area contributed by atoms with Gasteiger partial charge in [0, 0.05) is 32.2 Å². The molecule has 16 heavy (non-hydrogen) atoms. The molecule has 0 aromatic carbocycles. The summed E-state index contributed by atoms with van der Waals surface area (Å²) in [4.78, 5) is 16.3. The van der Waals surface area contributed by atoms with Crippen molar-refractivity contribution >= 4 is 6.03 Å². The van der Waals surface area contributed by atoms with Gasteiger partial charge in [0.2, 0.25) is 0 Å². The number of hydrogen-bond acceptors (Lipinski definition) is 2. The Kier molecular flexibility index (Phi) is 4.04. The molecular formula is C12H23N3O. The zero-order valence-electron chi connectivity index (χ0n) is 10.2. The largest absolute Gasteiger partial charge is 0.325 e. The Morgan fingerprint density at radius 2 is 1.75 bits per heavy atom. The SMILES string of the molecule is CNC1CCN(C(=O)N2CCCCCC2)C1. The lowest BCUT2D eigenvalue weighted by molar-refractivity contribution is 0.163. The van der Waals surface area contributed by atoms with Gasteiger partial charge in [-0.05, 0) is 26.3 Å². The van der Waals surface area contributed by atoms with Gasteiger partial charge in [0.1, 0.15) is 0 Å². The number of urea groups is 1. The summed E-state index contributed by atoms with van der Waals surface area (Å²) in [5.74, 6) is 0. The fourth-order valence-electron chi connectivity index (χ4n) is 2.63. The monoisotopic (exact) mass is 225 g/mol. The van der Waals surface area contributed by atoms with Gasteiger partial charge < -0.3 is 15.1 Å². The summed E-state index contributed by atoms with van der Waals surface area (Å²) in [7, 11) is 1.98. The normalized spacial score (nSPS) is 26.9. The fourth-order valence-corrected chi connectivity index (χ4v) is 2.63. The molecule has 1 atom stereocenters. The zero-order valence-corrected chi connectivity index (χ0v) is 10.2. The smallest absolute Gasteiger partial charge is 0.320 e. The highest BCUT2D eigenvalue weighted by atomic mass is 16.2. The van der Waals surface area contributed by atoms with Crippen molar-refractivity contribution in [2.45, 2.75) is 38.1 Å². The van der Waals surface area contributed by atoms with Gasteiger partial charge in [-0.2, -0.15) is 0 Å². The van der Waals surface area contributed by atoms with Crippen molar-refractivity contribution in [1.82, 2.24) is 15.1 Å². The number of amides is 2. The highest BCUT2D eigenvalue weighted by Gasteiger charge is 2.28. The lowest BCUT2D eigenvalue weighted by Gasteiger charge is -2.26. The molecule has 4 heteroatoms. The number of likely N-dealkylation sites (N-methyl/N-ethyl adjacent to an activating group) is 1. The summed E-state index contributed by atoms with van der Waals surface area (Å²) in [6.07, 6.45) is 6.01. The van der Waals surface area contributed by atoms with Crippen LogP contribution in [0.15, 0.2) is 0 Å². The van der Waals surface area contributed by atoms with E-state index < -0.39 is 0 Å². The average Bonchev–Trinajstić information content (AvgIpc) is 2.62. The highest BCUT2D eigenvalue weighted by molar-refractivity contribution is 5.74. The minimum atomic E-state index is 0.264. The molecule has 0 aromatic heterocycles. The first-order valence-electron chi connectivity index (χ1n) is 6.52. The lowest BCUT2D eigenvalue weighted by atomic mass is 10.2. The predicted molar refractivity (Wildman–Crippen MR) is 64.5 cm³/mol. The number of carbonyl (C=O) groups is 1. The summed E-state index contributed by atoms with van der Waals surface area (Å²) in [5.41, 5.74) is 0. The molecule has 0 radical (unpaired) electrons. The van der Waals surface area contributed by atoms with Crippen molar-refractivity contribution in [3.8, 4) is 0 Å². The first-order chi connectivity index (χ1) is 7.81. The Hall–Kier alpha value is -0.770. The molecule has 0 saturated carbocycles. The van der Waals surface area contributed by atoms with Gasteiger partial charge in [0.05, 0.1) is 0 Å². The minimum absolute atomic E-state index is 0.264. The van der Waals surface area contributed by atoms with Crippen LogP contribution in [-0.4, -0.2) is 55.1 Å². The first-order valence-corrected chi connectivity index (χ1v) is 6.52. The number of likely N-dealkylation sites (tertiary alicyclic amines) is 2. The second-order valence-corrected chi connectivity index (χ2v) is 4.90. The molecule has 0 aliphatic carbocycles. The predicted octanol–water partition coefficient (Wildman–Crippen LogP) is 1.28. The molecule has 0 aromatic rings. The van der Waals surface area contributed by atoms with Crippen LogP contribution in [0.4, 0.5) is 4.79 Å². The second-order valence-electron chi connectivity index (χ2n) is 4.90. The molecule has 4 nitrogen and oxygen atoms in total. The summed E-state index contributed by atoms with van der Waals surface area (Å²) < 4.78 is 0. The summed E-state index contributed by atoms with van der Waals surface area (Å²) in [5, 5.41) is 3.25. The van der Waals surface area contributed by atoms with Crippen LogP contribution in [0.1, 0.15) is 32.1 Å². The van der Waals surface area contributed by atoms with Crippen LogP contribution in [-0.2, 0) is 0 Å². The Labute approximate surface area is 98.0 Å². The highest BCUT2D eigenvalue weighted by Crippen LogP contribution is 2.15. The average molecular weight is 225 g/mol. The van der Waals surface area contributed by atoms with E-state index >= 15 is 0 Å². The summed E-state index contributed by atoms with van der Waals surface area (Å²) >= 11 is 0. The van der Waals surface area contributed by atoms with Gasteiger partial charge in [-0.1, -0.05) is 12.8 Å². The van der Waals surface area contributed by atoms with Crippen LogP contribution in [0.2, 0.25) is 0 Å². The maximum absolute atomic E-state index is 12.2. The molecule has 92 valence electrons. The molecule has 2 rings (SSSR count). The molecule has 0 bridgehead atoms. The Morgan fingerprint density at radius 1 is 1.06 bits per heavy atom. The third kappa shape index (κ3) is 2.67. The second kappa shape index (κ2) is 5.53. The first kappa shape index (κ1) is 11.7. The molecule has 0 spiro atoms. The van der Waals surface area contributed by atoms with E-state index in [0.29, 0.717) is 6.04 Å². The van der Waals surface area contributed by atoms with E-state index in [2.05, 4.69) is 5.32 Å². The van der Waals surface area contributed by atoms with Gasteiger partial charge in [-0.15, -0.1) is 0 Å². The van der Waals surface area contributed by atoms with Crippen LogP contribution < -0.4 is 5.32 Å². The third-order valence-electron chi connectivity index (χ3n) is 3.74. The van der Waals surface area contributed by atoms with Crippen LogP contribution in [0.25, 0.3) is 0 Å². The van der Waals surface area contributed by atoms with Crippen LogP contribution in [0.3, 0.4) is 0 Å². The number of rotatable bonds is 1. The van der Waals surface area contributed by atoms with Gasteiger partial charge in [-0.3, -0.25) is 0 Å². The lowest BCUT2D eigenvalue weighted by Crippen LogP contribution is -2.43. The quantitative estimate of drug-likeness (QED) is 0.729. The van der Waals surface area contributed by atoms with E-state index in [1.54, 1.807) is 0 Å². The molecule has 2 aliphatic rings. The molecule has 1 N–H and O–H groups in total. The van der Waals surface area contributed by atoms with E-state index in [1.807, 2.05) is 16.8 Å². The third-order valence-corrected chi connectivity index (χ3v) is 3.74. The molecule has 1 unspecified atom stereocenters. The van der Waals surface area contributed by atoms with E-state index in [-0.39, 0.29) is 6.03 Å². The minimum Gasteiger partial charge on any atom is -0.325 e. The number of carbonyl (C=O) groups excluding carboxylic acids is 1. The van der Waals surface area contributed by atoms with E-state index in [1.165, 1.54) is 25.7 Å². The number of hydrogen-bond donors (Lipinski definition) is 1. The Bertz CT molecular complexity index is 236. The fraction of sp³-hybridized carbons (Fsp3) is 0.917. The Balaban J connectivity index is 1.86. The number of nitrogens with zero attached hydrogens (tertiary/aromatic N) is 2. The van der Waals surface area contributed by atoms with Crippen molar-refractivity contribution in [3.63, 3.8) is 0 Å². The van der Waals surface area contributed by atoms with Crippen molar-refractivity contribution in [2.75, 3.05) is 33.2 Å². The molecule has 2 aliphatic heterocycles. The Morgan fingerprint density at radius 3 is 2.31 bits per heavy atom. The van der Waals surface area contributed by atoms with Crippen molar-refractivity contribution in [3.05, 3.63) is 0 Å². The molecule has 2 fully saturated rings. The molecule has 2 heterocycles. The topological polar surface area (TPSA) is 35.6 Å². The maximum atomic E-state index is 12.2. The summed E-state index contributed by atoms with van der Waals surface area (Å²) in [6.45, 7) is 3.71. The van der Waals surface area contributed by atoms with Crippen LogP contribution >= 0.6 is 0 Å². The standard InChI is InChI=1S/C12H23N3O/c1-13-11-6-9-15(10-11)12(16)14-7-4-2-3-5-8-14/h11,13H,2-10H2,1H3. The van der Waals surface area contributed by atoms with Crippen molar-refractivity contribution in [1.29, 1.82) is 0 Å². The van der Waals surface area contributed by atoms with E-state index in [0.717, 1.165) is 32.6 Å². The molecular weight excluding hydrogens is 202 g/mol. The zero-order chi connectivity index (χ0) is 11.4.